The van der Waals surface area contributed by atoms with Crippen molar-refractivity contribution in [2.75, 3.05) is 26.3 Å². The minimum atomic E-state index is -0.474. The number of para-hydroxylation sites is 1. The summed E-state index contributed by atoms with van der Waals surface area (Å²) < 4.78 is 18.3. The van der Waals surface area contributed by atoms with E-state index < -0.39 is 5.54 Å². The van der Waals surface area contributed by atoms with Crippen molar-refractivity contribution in [3.05, 3.63) is 138 Å². The Morgan fingerprint density at radius 1 is 0.750 bits per heavy atom. The van der Waals surface area contributed by atoms with Crippen molar-refractivity contribution in [3.63, 3.8) is 0 Å². The lowest BCUT2D eigenvalue weighted by Gasteiger charge is -2.48. The molecule has 0 amide bonds. The van der Waals surface area contributed by atoms with Crippen LogP contribution in [-0.4, -0.2) is 37.5 Å². The molecule has 184 valence electrons. The van der Waals surface area contributed by atoms with Gasteiger partial charge in [-0.2, -0.15) is 0 Å². The number of hydrogen-bond donors (Lipinski definition) is 0. The molecule has 1 aliphatic rings. The largest absolute Gasteiger partial charge is 0.494 e. The van der Waals surface area contributed by atoms with Crippen molar-refractivity contribution in [3.8, 4) is 5.75 Å². The minimum absolute atomic E-state index is 0.357. The van der Waals surface area contributed by atoms with Gasteiger partial charge in [0.1, 0.15) is 5.75 Å². The van der Waals surface area contributed by atoms with Crippen LogP contribution < -0.4 is 4.74 Å². The molecule has 0 spiro atoms. The maximum absolute atomic E-state index is 6.35. The first-order valence-electron chi connectivity index (χ1n) is 12.7. The Balaban J connectivity index is 1.50. The summed E-state index contributed by atoms with van der Waals surface area (Å²) in [5, 5.41) is 0. The Labute approximate surface area is 214 Å². The molecule has 4 heteroatoms. The summed E-state index contributed by atoms with van der Waals surface area (Å²) in [6, 6.07) is 40.3. The molecule has 1 unspecified atom stereocenters. The highest BCUT2D eigenvalue weighted by Gasteiger charge is 2.44. The zero-order valence-electron chi connectivity index (χ0n) is 20.8. The van der Waals surface area contributed by atoms with Crippen molar-refractivity contribution in [1.82, 2.24) is 4.90 Å². The molecule has 0 aliphatic carbocycles. The van der Waals surface area contributed by atoms with Gasteiger partial charge in [-0.05, 0) is 29.7 Å². The third-order valence-corrected chi connectivity index (χ3v) is 6.78. The van der Waals surface area contributed by atoms with E-state index in [9.17, 15) is 0 Å². The van der Waals surface area contributed by atoms with Crippen LogP contribution in [0.2, 0.25) is 0 Å². The van der Waals surface area contributed by atoms with E-state index in [-0.39, 0.29) is 6.29 Å². The van der Waals surface area contributed by atoms with E-state index in [1.165, 1.54) is 16.7 Å². The zero-order valence-corrected chi connectivity index (χ0v) is 20.8. The molecule has 4 nitrogen and oxygen atoms in total. The first kappa shape index (κ1) is 24.3. The average Bonchev–Trinajstić information content (AvgIpc) is 2.95. The molecule has 0 saturated carbocycles. The molecule has 1 atom stereocenters. The number of morpholine rings is 1. The fraction of sp³-hybridized carbons (Fsp3) is 0.250. The molecule has 0 aromatic heterocycles. The smallest absolute Gasteiger partial charge is 0.170 e. The summed E-state index contributed by atoms with van der Waals surface area (Å²) in [5.41, 5.74) is 4.23. The zero-order chi connectivity index (χ0) is 24.6. The molecular weight excluding hydrogens is 446 g/mol. The summed E-state index contributed by atoms with van der Waals surface area (Å²) in [4.78, 5) is 2.51. The van der Waals surface area contributed by atoms with Crippen molar-refractivity contribution in [2.24, 2.45) is 0 Å². The van der Waals surface area contributed by atoms with E-state index in [0.29, 0.717) is 26.4 Å². The third kappa shape index (κ3) is 4.93. The summed E-state index contributed by atoms with van der Waals surface area (Å²) in [7, 11) is 0. The van der Waals surface area contributed by atoms with Gasteiger partial charge in [-0.3, -0.25) is 4.90 Å². The van der Waals surface area contributed by atoms with Crippen molar-refractivity contribution in [2.45, 2.75) is 25.4 Å². The Morgan fingerprint density at radius 2 is 1.28 bits per heavy atom. The summed E-state index contributed by atoms with van der Waals surface area (Å²) in [6.07, 6.45) is -0.357. The Bertz CT molecular complexity index is 1120. The predicted molar refractivity (Wildman–Crippen MR) is 143 cm³/mol. The van der Waals surface area contributed by atoms with Gasteiger partial charge >= 0.3 is 0 Å². The fourth-order valence-electron chi connectivity index (χ4n) is 5.21. The highest BCUT2D eigenvalue weighted by atomic mass is 16.7. The van der Waals surface area contributed by atoms with Gasteiger partial charge in [0.2, 0.25) is 0 Å². The molecule has 4 aromatic rings. The van der Waals surface area contributed by atoms with Crippen LogP contribution in [0.3, 0.4) is 0 Å². The molecule has 1 fully saturated rings. The van der Waals surface area contributed by atoms with Crippen LogP contribution in [0, 0.1) is 0 Å². The van der Waals surface area contributed by atoms with Gasteiger partial charge in [0, 0.05) is 12.1 Å². The first-order chi connectivity index (χ1) is 17.8. The Hall–Kier alpha value is -3.44. The molecule has 1 heterocycles. The number of benzene rings is 4. The molecule has 4 aromatic carbocycles. The molecule has 1 aliphatic heterocycles. The molecule has 1 saturated heterocycles. The first-order valence-corrected chi connectivity index (χ1v) is 12.7. The molecule has 0 radical (unpaired) electrons. The maximum Gasteiger partial charge on any atom is 0.170 e. The number of hydrogen-bond acceptors (Lipinski definition) is 4. The molecular formula is C32H33NO3. The van der Waals surface area contributed by atoms with Crippen LogP contribution in [-0.2, 0) is 21.6 Å². The summed E-state index contributed by atoms with van der Waals surface area (Å²) >= 11 is 0. The Morgan fingerprint density at radius 3 is 1.83 bits per heavy atom. The second kappa shape index (κ2) is 11.5. The van der Waals surface area contributed by atoms with Gasteiger partial charge in [-0.15, -0.1) is 0 Å². The maximum atomic E-state index is 6.35. The number of rotatable bonds is 9. The predicted octanol–water partition coefficient (Wildman–Crippen LogP) is 6.25. The number of ether oxygens (including phenoxy) is 3. The van der Waals surface area contributed by atoms with E-state index in [2.05, 4.69) is 95.9 Å². The topological polar surface area (TPSA) is 30.9 Å². The molecule has 0 bridgehead atoms. The van der Waals surface area contributed by atoms with Gasteiger partial charge in [-0.25, -0.2) is 0 Å². The van der Waals surface area contributed by atoms with Gasteiger partial charge in [-0.1, -0.05) is 109 Å². The second-order valence-electron chi connectivity index (χ2n) is 8.91. The van der Waals surface area contributed by atoms with E-state index >= 15 is 0 Å². The fourth-order valence-corrected chi connectivity index (χ4v) is 5.21. The molecule has 0 N–H and O–H groups in total. The molecule has 36 heavy (non-hydrogen) atoms. The van der Waals surface area contributed by atoms with Crippen LogP contribution in [0.4, 0.5) is 0 Å². The van der Waals surface area contributed by atoms with Crippen LogP contribution in [0.5, 0.6) is 5.75 Å². The van der Waals surface area contributed by atoms with Crippen LogP contribution in [0.25, 0.3) is 0 Å². The quantitative estimate of drug-likeness (QED) is 0.266. The monoisotopic (exact) mass is 479 g/mol. The number of nitrogens with zero attached hydrogens (tertiary/aromatic N) is 1. The highest BCUT2D eigenvalue weighted by Crippen LogP contribution is 2.43. The van der Waals surface area contributed by atoms with Gasteiger partial charge in [0.05, 0.1) is 31.9 Å². The SMILES string of the molecule is CCOc1ccccc1COC1CN(C(c2ccccc2)(c2ccccc2)c2ccccc2)CCO1. The third-order valence-electron chi connectivity index (χ3n) is 6.78. The Kier molecular flexibility index (Phi) is 7.77. The lowest BCUT2D eigenvalue weighted by molar-refractivity contribution is -0.194. The minimum Gasteiger partial charge on any atom is -0.494 e. The summed E-state index contributed by atoms with van der Waals surface area (Å²) in [6.45, 7) is 5.06. The highest BCUT2D eigenvalue weighted by molar-refractivity contribution is 5.49. The van der Waals surface area contributed by atoms with Crippen molar-refractivity contribution in [1.29, 1.82) is 0 Å². The van der Waals surface area contributed by atoms with Gasteiger partial charge in [0.15, 0.2) is 6.29 Å². The van der Waals surface area contributed by atoms with E-state index in [0.717, 1.165) is 17.9 Å². The normalized spacial score (nSPS) is 16.5. The summed E-state index contributed by atoms with van der Waals surface area (Å²) in [5.74, 6) is 0.861. The van der Waals surface area contributed by atoms with Gasteiger partial charge in [0.25, 0.3) is 0 Å². The van der Waals surface area contributed by atoms with E-state index in [1.807, 2.05) is 31.2 Å². The van der Waals surface area contributed by atoms with Gasteiger partial charge < -0.3 is 14.2 Å². The van der Waals surface area contributed by atoms with Crippen LogP contribution >= 0.6 is 0 Å². The van der Waals surface area contributed by atoms with E-state index in [4.69, 9.17) is 14.2 Å². The lowest BCUT2D eigenvalue weighted by Crippen LogP contribution is -2.55. The van der Waals surface area contributed by atoms with Crippen LogP contribution in [0.15, 0.2) is 115 Å². The van der Waals surface area contributed by atoms with Crippen LogP contribution in [0.1, 0.15) is 29.2 Å². The average molecular weight is 480 g/mol. The second-order valence-corrected chi connectivity index (χ2v) is 8.91. The standard InChI is InChI=1S/C32H33NO3/c1-2-34-30-21-13-12-14-26(30)25-36-31-24-33(22-23-35-31)32(27-15-6-3-7-16-27,28-17-8-4-9-18-28)29-19-10-5-11-20-29/h3-21,31H,2,22-25H2,1H3. The van der Waals surface area contributed by atoms with E-state index in [1.54, 1.807) is 0 Å². The van der Waals surface area contributed by atoms with Crippen molar-refractivity contribution >= 4 is 0 Å². The lowest BCUT2D eigenvalue weighted by atomic mass is 9.75. The molecule has 5 rings (SSSR count). The van der Waals surface area contributed by atoms with Crippen molar-refractivity contribution < 1.29 is 14.2 Å².